The molecular formula is C22H19N3O2S. The second-order valence-corrected chi connectivity index (χ2v) is 7.35. The van der Waals surface area contributed by atoms with Gasteiger partial charge in [-0.1, -0.05) is 42.5 Å². The van der Waals surface area contributed by atoms with E-state index in [-0.39, 0.29) is 12.3 Å². The van der Waals surface area contributed by atoms with Gasteiger partial charge in [0.05, 0.1) is 29.4 Å². The number of nitrogens with zero attached hydrogens (tertiary/aromatic N) is 1. The van der Waals surface area contributed by atoms with Gasteiger partial charge >= 0.3 is 0 Å². The third kappa shape index (κ3) is 4.13. The van der Waals surface area contributed by atoms with E-state index in [0.717, 1.165) is 32.2 Å². The molecule has 1 amide bonds. The van der Waals surface area contributed by atoms with Crippen molar-refractivity contribution in [2.45, 2.75) is 6.42 Å². The summed E-state index contributed by atoms with van der Waals surface area (Å²) in [6, 6.07) is 23.8. The van der Waals surface area contributed by atoms with Crippen molar-refractivity contribution in [3.8, 4) is 16.9 Å². The molecule has 5 nitrogen and oxygen atoms in total. The molecule has 4 rings (SSSR count). The number of benzene rings is 3. The van der Waals surface area contributed by atoms with Gasteiger partial charge in [0.1, 0.15) is 10.8 Å². The van der Waals surface area contributed by atoms with Crippen LogP contribution in [0.5, 0.6) is 5.75 Å². The van der Waals surface area contributed by atoms with Crippen molar-refractivity contribution in [3.05, 3.63) is 77.8 Å². The van der Waals surface area contributed by atoms with Gasteiger partial charge < -0.3 is 4.74 Å². The molecule has 0 atom stereocenters. The minimum absolute atomic E-state index is 0.148. The summed E-state index contributed by atoms with van der Waals surface area (Å²) in [5.74, 6) is 0.574. The lowest BCUT2D eigenvalue weighted by Crippen LogP contribution is -2.30. The van der Waals surface area contributed by atoms with Crippen LogP contribution in [0.3, 0.4) is 0 Å². The Morgan fingerprint density at radius 2 is 1.86 bits per heavy atom. The van der Waals surface area contributed by atoms with Gasteiger partial charge in [0, 0.05) is 6.07 Å². The number of hydrazine groups is 1. The molecule has 0 unspecified atom stereocenters. The number of methoxy groups -OCH3 is 1. The summed E-state index contributed by atoms with van der Waals surface area (Å²) < 4.78 is 6.25. The fraction of sp³-hybridized carbons (Fsp3) is 0.0909. The van der Waals surface area contributed by atoms with E-state index >= 15 is 0 Å². The zero-order valence-corrected chi connectivity index (χ0v) is 16.1. The number of ether oxygens (including phenoxy) is 1. The molecule has 0 aliphatic carbocycles. The highest BCUT2D eigenvalue weighted by molar-refractivity contribution is 7.18. The van der Waals surface area contributed by atoms with Crippen molar-refractivity contribution < 1.29 is 9.53 Å². The van der Waals surface area contributed by atoms with Crippen LogP contribution < -0.4 is 15.6 Å². The van der Waals surface area contributed by atoms with E-state index < -0.39 is 0 Å². The first-order valence-corrected chi connectivity index (χ1v) is 9.67. The van der Waals surface area contributed by atoms with Gasteiger partial charge in [0.2, 0.25) is 5.91 Å². The number of rotatable bonds is 6. The van der Waals surface area contributed by atoms with Crippen LogP contribution in [-0.4, -0.2) is 18.0 Å². The molecule has 0 aliphatic heterocycles. The number of anilines is 1. The van der Waals surface area contributed by atoms with E-state index in [9.17, 15) is 4.79 Å². The first kappa shape index (κ1) is 18.0. The predicted molar refractivity (Wildman–Crippen MR) is 114 cm³/mol. The largest absolute Gasteiger partial charge is 0.497 e. The maximum absolute atomic E-state index is 12.3. The monoisotopic (exact) mass is 389 g/mol. The Hall–Kier alpha value is -3.38. The smallest absolute Gasteiger partial charge is 0.245 e. The van der Waals surface area contributed by atoms with E-state index in [0.29, 0.717) is 0 Å². The van der Waals surface area contributed by atoms with Crippen LogP contribution in [0.25, 0.3) is 21.3 Å². The van der Waals surface area contributed by atoms with Crippen LogP contribution in [-0.2, 0) is 11.2 Å². The van der Waals surface area contributed by atoms with Gasteiger partial charge in [-0.2, -0.15) is 0 Å². The third-order valence-corrected chi connectivity index (χ3v) is 5.29. The zero-order chi connectivity index (χ0) is 19.3. The van der Waals surface area contributed by atoms with E-state index in [1.807, 2.05) is 48.5 Å². The molecule has 1 aromatic heterocycles. The van der Waals surface area contributed by atoms with Crippen LogP contribution in [0.2, 0.25) is 0 Å². The van der Waals surface area contributed by atoms with Gasteiger partial charge in [0.15, 0.2) is 0 Å². The van der Waals surface area contributed by atoms with E-state index in [1.54, 1.807) is 18.4 Å². The normalized spacial score (nSPS) is 10.6. The third-order valence-electron chi connectivity index (χ3n) is 4.27. The van der Waals surface area contributed by atoms with Crippen LogP contribution in [0.1, 0.15) is 5.01 Å². The van der Waals surface area contributed by atoms with Crippen LogP contribution in [0.15, 0.2) is 72.8 Å². The minimum atomic E-state index is -0.148. The summed E-state index contributed by atoms with van der Waals surface area (Å²) in [6.45, 7) is 0. The molecule has 0 radical (unpaired) electrons. The predicted octanol–water partition coefficient (Wildman–Crippen LogP) is 4.66. The number of carbonyl (C=O) groups is 1. The molecule has 0 saturated heterocycles. The number of carbonyl (C=O) groups excluding carboxylic acids is 1. The minimum Gasteiger partial charge on any atom is -0.497 e. The maximum Gasteiger partial charge on any atom is 0.245 e. The molecule has 1 heterocycles. The van der Waals surface area contributed by atoms with Crippen molar-refractivity contribution in [1.29, 1.82) is 0 Å². The molecule has 6 heteroatoms. The van der Waals surface area contributed by atoms with Gasteiger partial charge in [-0.25, -0.2) is 4.98 Å². The zero-order valence-electron chi connectivity index (χ0n) is 15.3. The molecule has 0 bridgehead atoms. The second-order valence-electron chi connectivity index (χ2n) is 6.24. The standard InChI is InChI=1S/C22H19N3O2S/c1-27-18-9-5-8-17(13-18)24-25-21(26)14-22-23-19-11-10-16(12-20(19)28-22)15-6-3-2-4-7-15/h2-13,24H,14H2,1H3,(H,25,26). The average molecular weight is 389 g/mol. The number of nitrogens with one attached hydrogen (secondary N) is 2. The van der Waals surface area contributed by atoms with Crippen LogP contribution >= 0.6 is 11.3 Å². The average Bonchev–Trinajstić information content (AvgIpc) is 3.14. The molecule has 0 saturated carbocycles. The molecule has 140 valence electrons. The lowest BCUT2D eigenvalue weighted by Gasteiger charge is -2.08. The number of hydrogen-bond donors (Lipinski definition) is 2. The molecule has 4 aromatic rings. The molecule has 0 fully saturated rings. The number of hydrogen-bond acceptors (Lipinski definition) is 5. The Bertz CT molecular complexity index is 1110. The fourth-order valence-corrected chi connectivity index (χ4v) is 3.89. The highest BCUT2D eigenvalue weighted by Gasteiger charge is 2.10. The summed E-state index contributed by atoms with van der Waals surface area (Å²) in [5, 5.41) is 0.783. The summed E-state index contributed by atoms with van der Waals surface area (Å²) in [6.07, 6.45) is 0.219. The van der Waals surface area contributed by atoms with Crippen molar-refractivity contribution >= 4 is 33.1 Å². The van der Waals surface area contributed by atoms with Crippen molar-refractivity contribution in [3.63, 3.8) is 0 Å². The first-order valence-electron chi connectivity index (χ1n) is 8.85. The summed E-state index contributed by atoms with van der Waals surface area (Å²) in [5.41, 5.74) is 9.58. The van der Waals surface area contributed by atoms with E-state index in [2.05, 4.69) is 40.1 Å². The summed E-state index contributed by atoms with van der Waals surface area (Å²) in [7, 11) is 1.61. The fourth-order valence-electron chi connectivity index (χ4n) is 2.88. The topological polar surface area (TPSA) is 63.2 Å². The molecule has 0 aliphatic rings. The van der Waals surface area contributed by atoms with Crippen molar-refractivity contribution in [1.82, 2.24) is 10.4 Å². The van der Waals surface area contributed by atoms with Crippen molar-refractivity contribution in [2.75, 3.05) is 12.5 Å². The SMILES string of the molecule is COc1cccc(NNC(=O)Cc2nc3ccc(-c4ccccc4)cc3s2)c1. The summed E-state index contributed by atoms with van der Waals surface area (Å²) >= 11 is 1.54. The Morgan fingerprint density at radius 1 is 1.00 bits per heavy atom. The van der Waals surface area contributed by atoms with Gasteiger partial charge in [-0.3, -0.25) is 15.6 Å². The number of thiazole rings is 1. The second kappa shape index (κ2) is 8.10. The highest BCUT2D eigenvalue weighted by atomic mass is 32.1. The Kier molecular flexibility index (Phi) is 5.21. The van der Waals surface area contributed by atoms with Gasteiger partial charge in [0.25, 0.3) is 0 Å². The first-order chi connectivity index (χ1) is 13.7. The Balaban J connectivity index is 1.43. The van der Waals surface area contributed by atoms with Crippen LogP contribution in [0, 0.1) is 0 Å². The molecule has 2 N–H and O–H groups in total. The molecular weight excluding hydrogens is 370 g/mol. The lowest BCUT2D eigenvalue weighted by molar-refractivity contribution is -0.119. The van der Waals surface area contributed by atoms with E-state index in [1.165, 1.54) is 5.56 Å². The highest BCUT2D eigenvalue weighted by Crippen LogP contribution is 2.28. The maximum atomic E-state index is 12.3. The van der Waals surface area contributed by atoms with Gasteiger partial charge in [-0.05, 0) is 35.4 Å². The van der Waals surface area contributed by atoms with Crippen molar-refractivity contribution in [2.24, 2.45) is 0 Å². The number of amides is 1. The summed E-state index contributed by atoms with van der Waals surface area (Å²) in [4.78, 5) is 16.8. The molecule has 28 heavy (non-hydrogen) atoms. The Labute approximate surface area is 167 Å². The van der Waals surface area contributed by atoms with E-state index in [4.69, 9.17) is 4.74 Å². The molecule has 3 aromatic carbocycles. The number of aromatic nitrogens is 1. The Morgan fingerprint density at radius 3 is 2.68 bits per heavy atom. The number of fused-ring (bicyclic) bond motifs is 1. The van der Waals surface area contributed by atoms with Gasteiger partial charge in [-0.15, -0.1) is 11.3 Å². The lowest BCUT2D eigenvalue weighted by atomic mass is 10.1. The van der Waals surface area contributed by atoms with Crippen LogP contribution in [0.4, 0.5) is 5.69 Å². The quantitative estimate of drug-likeness (QED) is 0.471. The molecule has 0 spiro atoms.